The Balaban J connectivity index is 2.27. The van der Waals surface area contributed by atoms with Crippen LogP contribution in [0.1, 0.15) is 24.9 Å². The van der Waals surface area contributed by atoms with Crippen molar-refractivity contribution in [3.63, 3.8) is 0 Å². The molecule has 0 aromatic carbocycles. The molecule has 1 aliphatic heterocycles. The molecule has 1 aromatic rings. The average Bonchev–Trinajstić information content (AvgIpc) is 2.83. The van der Waals surface area contributed by atoms with Gasteiger partial charge in [-0.3, -0.25) is 19.8 Å². The Morgan fingerprint density at radius 1 is 1.61 bits per heavy atom. The van der Waals surface area contributed by atoms with Gasteiger partial charge in [0.1, 0.15) is 0 Å². The van der Waals surface area contributed by atoms with Crippen LogP contribution in [0.5, 0.6) is 0 Å². The highest BCUT2D eigenvalue weighted by Gasteiger charge is 2.36. The zero-order chi connectivity index (χ0) is 13.1. The number of nitrogens with two attached hydrogens (primary N) is 1. The Kier molecular flexibility index (Phi) is 4.11. The summed E-state index contributed by atoms with van der Waals surface area (Å²) < 4.78 is 0. The fourth-order valence-electron chi connectivity index (χ4n) is 2.36. The monoisotopic (exact) mass is 267 g/mol. The van der Waals surface area contributed by atoms with E-state index in [0.29, 0.717) is 13.0 Å². The summed E-state index contributed by atoms with van der Waals surface area (Å²) in [7, 11) is 0. The normalized spacial score (nSPS) is 22.9. The van der Waals surface area contributed by atoms with Crippen molar-refractivity contribution in [3.05, 3.63) is 22.4 Å². The molecule has 0 bridgehead atoms. The van der Waals surface area contributed by atoms with Gasteiger partial charge >= 0.3 is 0 Å². The second-order valence-electron chi connectivity index (χ2n) is 4.32. The lowest BCUT2D eigenvalue weighted by Gasteiger charge is -2.38. The highest BCUT2D eigenvalue weighted by molar-refractivity contribution is 7.07. The number of imide groups is 1. The Bertz CT molecular complexity index is 433. The number of carbonyl (C=O) groups excluding carboxylic acids is 2. The minimum absolute atomic E-state index is 0.0730. The Labute approximate surface area is 110 Å². The summed E-state index contributed by atoms with van der Waals surface area (Å²) in [4.78, 5) is 25.3. The lowest BCUT2D eigenvalue weighted by Crippen LogP contribution is -2.59. The third kappa shape index (κ3) is 2.45. The predicted octanol–water partition coefficient (Wildman–Crippen LogP) is 0.485. The van der Waals surface area contributed by atoms with Gasteiger partial charge < -0.3 is 5.73 Å². The van der Waals surface area contributed by atoms with Crippen LogP contribution >= 0.6 is 11.3 Å². The minimum atomic E-state index is -0.281. The molecular weight excluding hydrogens is 250 g/mol. The number of nitrogens with zero attached hydrogens (tertiary/aromatic N) is 1. The highest BCUT2D eigenvalue weighted by atomic mass is 32.1. The van der Waals surface area contributed by atoms with E-state index in [4.69, 9.17) is 5.73 Å². The molecule has 5 nitrogen and oxygen atoms in total. The molecule has 0 saturated carbocycles. The molecule has 18 heavy (non-hydrogen) atoms. The van der Waals surface area contributed by atoms with Gasteiger partial charge in [0.05, 0.1) is 12.6 Å². The molecule has 98 valence electrons. The molecule has 1 saturated heterocycles. The van der Waals surface area contributed by atoms with Gasteiger partial charge in [0, 0.05) is 12.6 Å². The van der Waals surface area contributed by atoms with Crippen molar-refractivity contribution in [1.29, 1.82) is 0 Å². The van der Waals surface area contributed by atoms with Crippen LogP contribution in [0.25, 0.3) is 0 Å². The fourth-order valence-corrected chi connectivity index (χ4v) is 3.07. The molecule has 0 radical (unpaired) electrons. The van der Waals surface area contributed by atoms with E-state index in [1.165, 1.54) is 0 Å². The van der Waals surface area contributed by atoms with Gasteiger partial charge in [0.15, 0.2) is 0 Å². The maximum absolute atomic E-state index is 11.8. The van der Waals surface area contributed by atoms with Crippen LogP contribution in [-0.2, 0) is 9.59 Å². The van der Waals surface area contributed by atoms with Crippen molar-refractivity contribution in [2.45, 2.75) is 25.4 Å². The van der Waals surface area contributed by atoms with E-state index in [1.807, 2.05) is 28.7 Å². The SMILES string of the molecule is CCC1C(=O)NC(=O)CN1C(CN)c1ccsc1. The summed E-state index contributed by atoms with van der Waals surface area (Å²) in [6.07, 6.45) is 0.666. The third-order valence-electron chi connectivity index (χ3n) is 3.23. The van der Waals surface area contributed by atoms with E-state index < -0.39 is 0 Å². The first-order valence-corrected chi connectivity index (χ1v) is 6.93. The van der Waals surface area contributed by atoms with Crippen LogP contribution < -0.4 is 11.1 Å². The van der Waals surface area contributed by atoms with E-state index in [0.717, 1.165) is 5.56 Å². The van der Waals surface area contributed by atoms with Gasteiger partial charge in [0.25, 0.3) is 0 Å². The van der Waals surface area contributed by atoms with Gasteiger partial charge in [-0.1, -0.05) is 6.92 Å². The van der Waals surface area contributed by atoms with Gasteiger partial charge in [-0.2, -0.15) is 11.3 Å². The summed E-state index contributed by atoms with van der Waals surface area (Å²) in [5.41, 5.74) is 6.90. The Morgan fingerprint density at radius 3 is 2.94 bits per heavy atom. The molecule has 0 spiro atoms. The molecule has 2 atom stereocenters. The molecule has 2 unspecified atom stereocenters. The summed E-state index contributed by atoms with van der Waals surface area (Å²) in [6.45, 7) is 2.56. The standard InChI is InChI=1S/C12H17N3O2S/c1-2-9-12(17)14-11(16)6-15(9)10(5-13)8-3-4-18-7-8/h3-4,7,9-10H,2,5-6,13H2,1H3,(H,14,16,17). The van der Waals surface area contributed by atoms with Crippen molar-refractivity contribution in [3.8, 4) is 0 Å². The lowest BCUT2D eigenvalue weighted by atomic mass is 10.0. The van der Waals surface area contributed by atoms with Gasteiger partial charge in [0.2, 0.25) is 11.8 Å². The largest absolute Gasteiger partial charge is 0.329 e. The second-order valence-corrected chi connectivity index (χ2v) is 5.10. The van der Waals surface area contributed by atoms with E-state index >= 15 is 0 Å². The molecule has 2 rings (SSSR count). The smallest absolute Gasteiger partial charge is 0.243 e. The van der Waals surface area contributed by atoms with Crippen LogP contribution in [0.4, 0.5) is 0 Å². The second kappa shape index (κ2) is 5.60. The van der Waals surface area contributed by atoms with Crippen LogP contribution in [0.3, 0.4) is 0 Å². The Hall–Kier alpha value is -1.24. The van der Waals surface area contributed by atoms with Gasteiger partial charge in [-0.25, -0.2) is 0 Å². The van der Waals surface area contributed by atoms with Gasteiger partial charge in [-0.15, -0.1) is 0 Å². The quantitative estimate of drug-likeness (QED) is 0.778. The van der Waals surface area contributed by atoms with Crippen molar-refractivity contribution in [2.75, 3.05) is 13.1 Å². The average molecular weight is 267 g/mol. The zero-order valence-corrected chi connectivity index (χ0v) is 11.1. The number of hydrogen-bond acceptors (Lipinski definition) is 5. The molecule has 1 aromatic heterocycles. The highest BCUT2D eigenvalue weighted by Crippen LogP contribution is 2.26. The van der Waals surface area contributed by atoms with Crippen molar-refractivity contribution in [2.24, 2.45) is 5.73 Å². The maximum Gasteiger partial charge on any atom is 0.243 e. The van der Waals surface area contributed by atoms with Gasteiger partial charge in [-0.05, 0) is 28.8 Å². The number of amides is 2. The number of carbonyl (C=O) groups is 2. The molecule has 1 fully saturated rings. The molecule has 6 heteroatoms. The maximum atomic E-state index is 11.8. The molecule has 0 aliphatic carbocycles. The number of nitrogens with one attached hydrogen (secondary N) is 1. The summed E-state index contributed by atoms with van der Waals surface area (Å²) >= 11 is 1.59. The fraction of sp³-hybridized carbons (Fsp3) is 0.500. The van der Waals surface area contributed by atoms with Crippen LogP contribution in [-0.4, -0.2) is 35.8 Å². The van der Waals surface area contributed by atoms with E-state index in [-0.39, 0.29) is 30.4 Å². The molecule has 1 aliphatic rings. The predicted molar refractivity (Wildman–Crippen MR) is 70.0 cm³/mol. The minimum Gasteiger partial charge on any atom is -0.329 e. The number of thiophene rings is 1. The van der Waals surface area contributed by atoms with Crippen LogP contribution in [0.2, 0.25) is 0 Å². The number of rotatable bonds is 4. The first-order chi connectivity index (χ1) is 8.67. The van der Waals surface area contributed by atoms with E-state index in [2.05, 4.69) is 5.32 Å². The first kappa shape index (κ1) is 13.2. The zero-order valence-electron chi connectivity index (χ0n) is 10.3. The Morgan fingerprint density at radius 2 is 2.39 bits per heavy atom. The molecule has 2 heterocycles. The van der Waals surface area contributed by atoms with Crippen LogP contribution in [0.15, 0.2) is 16.8 Å². The summed E-state index contributed by atoms with van der Waals surface area (Å²) in [5, 5.41) is 6.37. The molecular formula is C12H17N3O2S. The van der Waals surface area contributed by atoms with Crippen molar-refractivity contribution in [1.82, 2.24) is 10.2 Å². The molecule has 3 N–H and O–H groups in total. The first-order valence-electron chi connectivity index (χ1n) is 5.99. The van der Waals surface area contributed by atoms with Crippen molar-refractivity contribution < 1.29 is 9.59 Å². The van der Waals surface area contributed by atoms with Crippen LogP contribution in [0, 0.1) is 0 Å². The number of hydrogen-bond donors (Lipinski definition) is 2. The third-order valence-corrected chi connectivity index (χ3v) is 3.93. The summed E-state index contributed by atoms with van der Waals surface area (Å²) in [5.74, 6) is -0.471. The summed E-state index contributed by atoms with van der Waals surface area (Å²) in [6, 6.07) is 1.64. The lowest BCUT2D eigenvalue weighted by molar-refractivity contribution is -0.141. The van der Waals surface area contributed by atoms with Crippen molar-refractivity contribution >= 4 is 23.2 Å². The molecule has 2 amide bonds. The topological polar surface area (TPSA) is 75.4 Å². The van der Waals surface area contributed by atoms with E-state index in [1.54, 1.807) is 11.3 Å². The number of piperazine rings is 1. The van der Waals surface area contributed by atoms with E-state index in [9.17, 15) is 9.59 Å².